The number of nitro groups is 1. The highest BCUT2D eigenvalue weighted by Gasteiger charge is 2.15. The van der Waals surface area contributed by atoms with Gasteiger partial charge >= 0.3 is 0 Å². The lowest BCUT2D eigenvalue weighted by atomic mass is 9.89. The summed E-state index contributed by atoms with van der Waals surface area (Å²) in [6, 6.07) is 4.93. The van der Waals surface area contributed by atoms with Crippen LogP contribution in [0.15, 0.2) is 30.9 Å². The Hall–Kier alpha value is -1.64. The van der Waals surface area contributed by atoms with Crippen molar-refractivity contribution in [2.45, 2.75) is 25.7 Å². The molecule has 0 bridgehead atoms. The second-order valence-electron chi connectivity index (χ2n) is 4.07. The van der Waals surface area contributed by atoms with Crippen LogP contribution >= 0.6 is 0 Å². The second-order valence-corrected chi connectivity index (χ2v) is 4.07. The zero-order valence-corrected chi connectivity index (χ0v) is 9.64. The Labute approximate surface area is 95.9 Å². The van der Waals surface area contributed by atoms with Crippen LogP contribution < -0.4 is 0 Å². The summed E-state index contributed by atoms with van der Waals surface area (Å²) in [6.45, 7) is 11.7. The van der Waals surface area contributed by atoms with E-state index in [-0.39, 0.29) is 16.5 Å². The van der Waals surface area contributed by atoms with Gasteiger partial charge in [-0.3, -0.25) is 10.1 Å². The fourth-order valence-electron chi connectivity index (χ4n) is 1.65. The Bertz CT molecular complexity index is 410. The molecule has 0 aromatic heterocycles. The van der Waals surface area contributed by atoms with Crippen molar-refractivity contribution in [1.29, 1.82) is 0 Å². The van der Waals surface area contributed by atoms with Gasteiger partial charge < -0.3 is 0 Å². The molecule has 1 aromatic carbocycles. The highest BCUT2D eigenvalue weighted by Crippen LogP contribution is 2.29. The van der Waals surface area contributed by atoms with E-state index in [4.69, 9.17) is 0 Å². The summed E-state index contributed by atoms with van der Waals surface area (Å²) < 4.78 is 0. The summed E-state index contributed by atoms with van der Waals surface area (Å²) >= 11 is 0. The SMILES string of the molecule is [CH2]C(C=C)c1cc([N+](=O)[O-])ccc1C(C)C. The third-order valence-corrected chi connectivity index (χ3v) is 2.59. The molecule has 0 aliphatic rings. The fraction of sp³-hybridized carbons (Fsp3) is 0.308. The van der Waals surface area contributed by atoms with E-state index in [1.807, 2.05) is 0 Å². The number of rotatable bonds is 4. The predicted molar refractivity (Wildman–Crippen MR) is 65.5 cm³/mol. The molecule has 0 heterocycles. The van der Waals surface area contributed by atoms with Crippen molar-refractivity contribution in [2.24, 2.45) is 0 Å². The van der Waals surface area contributed by atoms with Crippen molar-refractivity contribution in [3.05, 3.63) is 59.0 Å². The molecule has 1 radical (unpaired) electrons. The van der Waals surface area contributed by atoms with Crippen molar-refractivity contribution < 1.29 is 4.92 Å². The van der Waals surface area contributed by atoms with Crippen molar-refractivity contribution in [3.8, 4) is 0 Å². The minimum atomic E-state index is -0.386. The minimum Gasteiger partial charge on any atom is -0.258 e. The minimum absolute atomic E-state index is 0.106. The maximum absolute atomic E-state index is 10.7. The molecule has 0 spiro atoms. The van der Waals surface area contributed by atoms with E-state index < -0.39 is 0 Å². The maximum Gasteiger partial charge on any atom is 0.269 e. The summed E-state index contributed by atoms with van der Waals surface area (Å²) in [5.41, 5.74) is 2.08. The number of nitrogens with zero attached hydrogens (tertiary/aromatic N) is 1. The average Bonchev–Trinajstić information content (AvgIpc) is 2.26. The predicted octanol–water partition coefficient (Wildman–Crippen LogP) is 3.82. The zero-order valence-electron chi connectivity index (χ0n) is 9.64. The van der Waals surface area contributed by atoms with Crippen LogP contribution in [0.25, 0.3) is 0 Å². The van der Waals surface area contributed by atoms with Crippen molar-refractivity contribution in [3.63, 3.8) is 0 Å². The lowest BCUT2D eigenvalue weighted by molar-refractivity contribution is -0.384. The number of benzene rings is 1. The summed E-state index contributed by atoms with van der Waals surface area (Å²) in [4.78, 5) is 10.3. The van der Waals surface area contributed by atoms with E-state index in [1.54, 1.807) is 18.2 Å². The van der Waals surface area contributed by atoms with Gasteiger partial charge in [-0.05, 0) is 24.0 Å². The van der Waals surface area contributed by atoms with E-state index in [0.29, 0.717) is 5.92 Å². The van der Waals surface area contributed by atoms with Crippen LogP contribution in [0.4, 0.5) is 5.69 Å². The molecular formula is C13H16NO2. The molecule has 85 valence electrons. The molecule has 1 rings (SSSR count). The van der Waals surface area contributed by atoms with Gasteiger partial charge in [-0.25, -0.2) is 0 Å². The number of non-ortho nitro benzene ring substituents is 1. The number of nitro benzene ring substituents is 1. The molecule has 0 aliphatic carbocycles. The first-order valence-corrected chi connectivity index (χ1v) is 5.21. The topological polar surface area (TPSA) is 43.1 Å². The molecule has 0 aliphatic heterocycles. The highest BCUT2D eigenvalue weighted by atomic mass is 16.6. The third-order valence-electron chi connectivity index (χ3n) is 2.59. The molecule has 1 unspecified atom stereocenters. The van der Waals surface area contributed by atoms with E-state index >= 15 is 0 Å². The zero-order chi connectivity index (χ0) is 12.3. The number of hydrogen-bond acceptors (Lipinski definition) is 2. The summed E-state index contributed by atoms with van der Waals surface area (Å²) in [5, 5.41) is 10.7. The Morgan fingerprint density at radius 3 is 2.44 bits per heavy atom. The van der Waals surface area contributed by atoms with Gasteiger partial charge in [0.1, 0.15) is 0 Å². The largest absolute Gasteiger partial charge is 0.269 e. The normalized spacial score (nSPS) is 12.5. The molecule has 0 fully saturated rings. The molecule has 1 atom stereocenters. The number of hydrogen-bond donors (Lipinski definition) is 0. The maximum atomic E-state index is 10.7. The van der Waals surface area contributed by atoms with E-state index in [1.165, 1.54) is 6.07 Å². The molecule has 16 heavy (non-hydrogen) atoms. The van der Waals surface area contributed by atoms with Crippen LogP contribution in [-0.4, -0.2) is 4.92 Å². The van der Waals surface area contributed by atoms with E-state index in [9.17, 15) is 10.1 Å². The van der Waals surface area contributed by atoms with Gasteiger partial charge in [0, 0.05) is 18.1 Å². The second kappa shape index (κ2) is 4.92. The molecule has 0 amide bonds. The van der Waals surface area contributed by atoms with Crippen LogP contribution in [0.2, 0.25) is 0 Å². The first-order chi connectivity index (χ1) is 7.47. The van der Waals surface area contributed by atoms with Crippen LogP contribution in [-0.2, 0) is 0 Å². The Kier molecular flexibility index (Phi) is 3.82. The van der Waals surface area contributed by atoms with Gasteiger partial charge in [0.2, 0.25) is 0 Å². The highest BCUT2D eigenvalue weighted by molar-refractivity contribution is 5.44. The summed E-state index contributed by atoms with van der Waals surface area (Å²) in [7, 11) is 0. The Morgan fingerprint density at radius 2 is 2.00 bits per heavy atom. The standard InChI is InChI=1S/C13H16NO2/c1-5-10(4)13-8-11(14(15)16)6-7-12(13)9(2)3/h5-10H,1,4H2,2-3H3. The molecule has 0 saturated carbocycles. The molecule has 0 N–H and O–H groups in total. The quantitative estimate of drug-likeness (QED) is 0.438. The van der Waals surface area contributed by atoms with Gasteiger partial charge in [0.05, 0.1) is 4.92 Å². The average molecular weight is 218 g/mol. The van der Waals surface area contributed by atoms with Crippen LogP contribution in [0.5, 0.6) is 0 Å². The van der Waals surface area contributed by atoms with Crippen molar-refractivity contribution >= 4 is 5.69 Å². The monoisotopic (exact) mass is 218 g/mol. The molecular weight excluding hydrogens is 202 g/mol. The van der Waals surface area contributed by atoms with Crippen LogP contribution in [0, 0.1) is 17.0 Å². The molecule has 0 saturated heterocycles. The van der Waals surface area contributed by atoms with Crippen molar-refractivity contribution in [1.82, 2.24) is 0 Å². The lowest BCUT2D eigenvalue weighted by Crippen LogP contribution is -2.01. The van der Waals surface area contributed by atoms with Gasteiger partial charge in [0.15, 0.2) is 0 Å². The first-order valence-electron chi connectivity index (χ1n) is 5.21. The summed E-state index contributed by atoms with van der Waals surface area (Å²) in [5.74, 6) is 0.206. The van der Waals surface area contributed by atoms with Gasteiger partial charge in [0.25, 0.3) is 5.69 Å². The molecule has 3 nitrogen and oxygen atoms in total. The van der Waals surface area contributed by atoms with Crippen molar-refractivity contribution in [2.75, 3.05) is 0 Å². The Balaban J connectivity index is 3.31. The number of allylic oxidation sites excluding steroid dienone is 1. The summed E-state index contributed by atoms with van der Waals surface area (Å²) in [6.07, 6.45) is 1.70. The smallest absolute Gasteiger partial charge is 0.258 e. The van der Waals surface area contributed by atoms with Crippen LogP contribution in [0.3, 0.4) is 0 Å². The van der Waals surface area contributed by atoms with Gasteiger partial charge in [-0.1, -0.05) is 26.0 Å². The molecule has 1 aromatic rings. The van der Waals surface area contributed by atoms with Gasteiger partial charge in [-0.2, -0.15) is 0 Å². The molecule has 3 heteroatoms. The lowest BCUT2D eigenvalue weighted by Gasteiger charge is -2.15. The van der Waals surface area contributed by atoms with E-state index in [0.717, 1.165) is 11.1 Å². The van der Waals surface area contributed by atoms with Gasteiger partial charge in [-0.15, -0.1) is 6.58 Å². The van der Waals surface area contributed by atoms with Crippen LogP contribution in [0.1, 0.15) is 36.8 Å². The first kappa shape index (κ1) is 12.4. The van der Waals surface area contributed by atoms with E-state index in [2.05, 4.69) is 27.4 Å². The Morgan fingerprint density at radius 1 is 1.38 bits per heavy atom. The fourth-order valence-corrected chi connectivity index (χ4v) is 1.65. The third kappa shape index (κ3) is 2.48.